The van der Waals surface area contributed by atoms with E-state index < -0.39 is 6.36 Å². The minimum atomic E-state index is -4.73. The first-order valence-corrected chi connectivity index (χ1v) is 6.77. The van der Waals surface area contributed by atoms with Gasteiger partial charge in [0.15, 0.2) is 5.96 Å². The van der Waals surface area contributed by atoms with Crippen molar-refractivity contribution >= 4 is 11.6 Å². The topological polar surface area (TPSA) is 83.4 Å². The lowest BCUT2D eigenvalue weighted by molar-refractivity contribution is -0.274. The number of alkyl halides is 3. The van der Waals surface area contributed by atoms with Crippen LogP contribution in [0.15, 0.2) is 53.5 Å². The number of ether oxygens (including phenoxy) is 1. The van der Waals surface area contributed by atoms with E-state index in [1.54, 1.807) is 24.3 Å². The predicted molar refractivity (Wildman–Crippen MR) is 83.2 cm³/mol. The molecule has 0 aliphatic heterocycles. The second-order valence-electron chi connectivity index (χ2n) is 4.71. The van der Waals surface area contributed by atoms with Crippen LogP contribution in [0, 0.1) is 11.3 Å². The van der Waals surface area contributed by atoms with Gasteiger partial charge in [0.1, 0.15) is 5.75 Å². The Hall–Kier alpha value is -3.21. The highest BCUT2D eigenvalue weighted by atomic mass is 19.4. The van der Waals surface area contributed by atoms with E-state index in [0.717, 1.165) is 5.56 Å². The first kappa shape index (κ1) is 17.1. The number of nitriles is 1. The molecule has 0 amide bonds. The number of anilines is 1. The van der Waals surface area contributed by atoms with Crippen LogP contribution >= 0.6 is 0 Å². The van der Waals surface area contributed by atoms with E-state index in [1.165, 1.54) is 24.3 Å². The minimum Gasteiger partial charge on any atom is -0.406 e. The Morgan fingerprint density at radius 2 is 1.75 bits per heavy atom. The molecule has 0 aliphatic carbocycles. The highest BCUT2D eigenvalue weighted by Crippen LogP contribution is 2.23. The number of guanidine groups is 1. The van der Waals surface area contributed by atoms with Crippen LogP contribution in [0.4, 0.5) is 18.9 Å². The van der Waals surface area contributed by atoms with Gasteiger partial charge in [-0.2, -0.15) is 5.26 Å². The lowest BCUT2D eigenvalue weighted by Gasteiger charge is -2.10. The fraction of sp³-hybridized carbons (Fsp3) is 0.125. The van der Waals surface area contributed by atoms with E-state index in [2.05, 4.69) is 15.0 Å². The van der Waals surface area contributed by atoms with Crippen molar-refractivity contribution in [1.29, 1.82) is 5.26 Å². The summed E-state index contributed by atoms with van der Waals surface area (Å²) in [4.78, 5) is 4.12. The van der Waals surface area contributed by atoms with Gasteiger partial charge in [-0.1, -0.05) is 12.1 Å². The maximum absolute atomic E-state index is 12.1. The molecule has 0 fully saturated rings. The SMILES string of the molecule is N#Cc1ccc(CN=C(N)Nc2ccc(OC(F)(F)F)cc2)cc1. The summed E-state index contributed by atoms with van der Waals surface area (Å²) in [5.41, 5.74) is 7.62. The number of hydrogen-bond acceptors (Lipinski definition) is 3. The van der Waals surface area contributed by atoms with E-state index in [4.69, 9.17) is 11.0 Å². The van der Waals surface area contributed by atoms with Gasteiger partial charge in [-0.3, -0.25) is 0 Å². The molecule has 0 saturated heterocycles. The third kappa shape index (κ3) is 5.53. The molecule has 0 aliphatic rings. The molecule has 0 heterocycles. The highest BCUT2D eigenvalue weighted by molar-refractivity contribution is 5.92. The van der Waals surface area contributed by atoms with Gasteiger partial charge in [0, 0.05) is 5.69 Å². The molecule has 8 heteroatoms. The predicted octanol–water partition coefficient (Wildman–Crippen LogP) is 3.38. The van der Waals surface area contributed by atoms with Crippen LogP contribution in [0.3, 0.4) is 0 Å². The minimum absolute atomic E-state index is 0.115. The fourth-order valence-electron chi connectivity index (χ4n) is 1.79. The summed E-state index contributed by atoms with van der Waals surface area (Å²) in [6.07, 6.45) is -4.73. The third-order valence-electron chi connectivity index (χ3n) is 2.88. The van der Waals surface area contributed by atoms with Gasteiger partial charge >= 0.3 is 6.36 Å². The number of nitrogens with one attached hydrogen (secondary N) is 1. The van der Waals surface area contributed by atoms with Gasteiger partial charge in [0.2, 0.25) is 0 Å². The molecule has 3 N–H and O–H groups in total. The molecule has 2 aromatic rings. The standard InChI is InChI=1S/C16H13F3N4O/c17-16(18,19)24-14-7-5-13(6-8-14)23-15(21)22-10-12-3-1-11(9-20)2-4-12/h1-8H,10H2,(H3,21,22,23). The fourth-order valence-corrected chi connectivity index (χ4v) is 1.79. The van der Waals surface area contributed by atoms with E-state index in [0.29, 0.717) is 17.8 Å². The number of nitrogens with zero attached hydrogens (tertiary/aromatic N) is 2. The number of hydrogen-bond donors (Lipinski definition) is 2. The van der Waals surface area contributed by atoms with Crippen LogP contribution in [0.25, 0.3) is 0 Å². The Morgan fingerprint density at radius 3 is 2.29 bits per heavy atom. The first-order valence-electron chi connectivity index (χ1n) is 6.77. The Kier molecular flexibility index (Phi) is 5.27. The molecule has 0 radical (unpaired) electrons. The van der Waals surface area contributed by atoms with Gasteiger partial charge in [0.25, 0.3) is 0 Å². The second kappa shape index (κ2) is 7.37. The zero-order valence-electron chi connectivity index (χ0n) is 12.3. The Bertz CT molecular complexity index is 747. The van der Waals surface area contributed by atoms with E-state index in [-0.39, 0.29) is 11.7 Å². The van der Waals surface area contributed by atoms with Crippen LogP contribution in [0.5, 0.6) is 5.75 Å². The van der Waals surface area contributed by atoms with Gasteiger partial charge in [0.05, 0.1) is 18.2 Å². The lowest BCUT2D eigenvalue weighted by Crippen LogP contribution is -2.22. The molecular weight excluding hydrogens is 321 g/mol. The zero-order chi connectivity index (χ0) is 17.6. The number of rotatable bonds is 4. The molecule has 0 saturated carbocycles. The largest absolute Gasteiger partial charge is 0.573 e. The molecule has 0 unspecified atom stereocenters. The van der Waals surface area contributed by atoms with Crippen molar-refractivity contribution in [2.24, 2.45) is 10.7 Å². The van der Waals surface area contributed by atoms with Crippen molar-refractivity contribution in [3.63, 3.8) is 0 Å². The third-order valence-corrected chi connectivity index (χ3v) is 2.88. The van der Waals surface area contributed by atoms with Crippen molar-refractivity contribution in [2.75, 3.05) is 5.32 Å². The van der Waals surface area contributed by atoms with Crippen molar-refractivity contribution in [3.8, 4) is 11.8 Å². The summed E-state index contributed by atoms with van der Waals surface area (Å²) in [7, 11) is 0. The average Bonchev–Trinajstić information content (AvgIpc) is 2.54. The van der Waals surface area contributed by atoms with Gasteiger partial charge in [-0.25, -0.2) is 4.99 Å². The summed E-state index contributed by atoms with van der Waals surface area (Å²) in [6.45, 7) is 0.305. The molecule has 24 heavy (non-hydrogen) atoms. The molecule has 2 rings (SSSR count). The summed E-state index contributed by atoms with van der Waals surface area (Å²) in [5.74, 6) is -0.204. The Balaban J connectivity index is 1.93. The summed E-state index contributed by atoms with van der Waals surface area (Å²) in [5, 5.41) is 11.5. The highest BCUT2D eigenvalue weighted by Gasteiger charge is 2.30. The molecule has 5 nitrogen and oxygen atoms in total. The van der Waals surface area contributed by atoms with Crippen LogP contribution in [0.2, 0.25) is 0 Å². The molecular formula is C16H13F3N4O. The molecule has 0 bridgehead atoms. The van der Waals surface area contributed by atoms with Crippen molar-refractivity contribution in [1.82, 2.24) is 0 Å². The van der Waals surface area contributed by atoms with E-state index >= 15 is 0 Å². The number of benzene rings is 2. The average molecular weight is 334 g/mol. The number of halogens is 3. The lowest BCUT2D eigenvalue weighted by atomic mass is 10.1. The smallest absolute Gasteiger partial charge is 0.406 e. The quantitative estimate of drug-likeness (QED) is 0.663. The van der Waals surface area contributed by atoms with E-state index in [1.807, 2.05) is 6.07 Å². The zero-order valence-corrected chi connectivity index (χ0v) is 12.3. The summed E-state index contributed by atoms with van der Waals surface area (Å²) >= 11 is 0. The van der Waals surface area contributed by atoms with E-state index in [9.17, 15) is 13.2 Å². The maximum atomic E-state index is 12.1. The van der Waals surface area contributed by atoms with Crippen LogP contribution in [0.1, 0.15) is 11.1 Å². The first-order chi connectivity index (χ1) is 11.4. The molecule has 0 aromatic heterocycles. The van der Waals surface area contributed by atoms with Crippen molar-refractivity contribution in [3.05, 3.63) is 59.7 Å². The summed E-state index contributed by atoms with van der Waals surface area (Å²) in [6, 6.07) is 14.0. The number of nitrogens with two attached hydrogens (primary N) is 1. The van der Waals surface area contributed by atoms with Gasteiger partial charge < -0.3 is 15.8 Å². The number of aliphatic imine (C=N–C) groups is 1. The van der Waals surface area contributed by atoms with Crippen LogP contribution < -0.4 is 15.8 Å². The Morgan fingerprint density at radius 1 is 1.12 bits per heavy atom. The Labute approximate surface area is 136 Å². The normalized spacial score (nSPS) is 11.7. The maximum Gasteiger partial charge on any atom is 0.573 e. The van der Waals surface area contributed by atoms with Gasteiger partial charge in [-0.05, 0) is 42.0 Å². The van der Waals surface area contributed by atoms with Crippen LogP contribution in [-0.2, 0) is 6.54 Å². The molecule has 124 valence electrons. The molecule has 0 atom stereocenters. The van der Waals surface area contributed by atoms with Crippen molar-refractivity contribution < 1.29 is 17.9 Å². The molecule has 0 spiro atoms. The summed E-state index contributed by atoms with van der Waals surface area (Å²) < 4.78 is 40.0. The second-order valence-corrected chi connectivity index (χ2v) is 4.71. The van der Waals surface area contributed by atoms with Crippen LogP contribution in [-0.4, -0.2) is 12.3 Å². The van der Waals surface area contributed by atoms with Crippen molar-refractivity contribution in [2.45, 2.75) is 12.9 Å². The monoisotopic (exact) mass is 334 g/mol. The van der Waals surface area contributed by atoms with Gasteiger partial charge in [-0.15, -0.1) is 13.2 Å². The molecule has 2 aromatic carbocycles.